The van der Waals surface area contributed by atoms with Gasteiger partial charge in [-0.2, -0.15) is 0 Å². The molecule has 0 aliphatic heterocycles. The maximum Gasteiger partial charge on any atom is 0.300 e. The van der Waals surface area contributed by atoms with Gasteiger partial charge in [-0.1, -0.05) is 23.2 Å². The van der Waals surface area contributed by atoms with Crippen LogP contribution < -0.4 is 32.2 Å². The minimum atomic E-state index is -3.99. The Morgan fingerprint density at radius 1 is 0.882 bits per heavy atom. The number of rotatable bonds is 4. The van der Waals surface area contributed by atoms with Gasteiger partial charge in [0, 0.05) is 0 Å². The first kappa shape index (κ1) is 16.8. The van der Waals surface area contributed by atoms with Crippen LogP contribution in [0.15, 0.2) is 0 Å². The summed E-state index contributed by atoms with van der Waals surface area (Å²) in [5, 5.41) is 3.00. The molecule has 0 fully saturated rings. The average molecular weight is 327 g/mol. The number of carbonyl (C=O) groups is 2. The molecular weight excluding hydrogens is 317 g/mol. The lowest BCUT2D eigenvalue weighted by molar-refractivity contribution is -0.128. The molecule has 0 radical (unpaired) electrons. The SMILES string of the molecule is NP(N)(=O)NC(=O)C(Cl)(Cl)C(=O)NP(N)(N)=O. The number of carbonyl (C=O) groups excluding carboxylic acids is 2. The highest BCUT2D eigenvalue weighted by molar-refractivity contribution is 7.58. The van der Waals surface area contributed by atoms with Crippen LogP contribution in [0, 0.1) is 0 Å². The van der Waals surface area contributed by atoms with Crippen molar-refractivity contribution in [2.24, 2.45) is 22.0 Å². The zero-order valence-electron chi connectivity index (χ0n) is 8.09. The van der Waals surface area contributed by atoms with E-state index in [1.807, 2.05) is 0 Å². The van der Waals surface area contributed by atoms with Gasteiger partial charge in [0.25, 0.3) is 31.3 Å². The highest BCUT2D eigenvalue weighted by Gasteiger charge is 2.45. The number of amides is 2. The van der Waals surface area contributed by atoms with Crippen molar-refractivity contribution in [1.29, 1.82) is 0 Å². The van der Waals surface area contributed by atoms with Crippen molar-refractivity contribution in [2.45, 2.75) is 4.33 Å². The van der Waals surface area contributed by atoms with Crippen LogP contribution in [0.2, 0.25) is 0 Å². The van der Waals surface area contributed by atoms with Gasteiger partial charge in [0.15, 0.2) is 0 Å². The van der Waals surface area contributed by atoms with Crippen LogP contribution in [-0.2, 0) is 18.7 Å². The summed E-state index contributed by atoms with van der Waals surface area (Å²) in [4.78, 5) is 22.5. The van der Waals surface area contributed by atoms with Crippen molar-refractivity contribution < 1.29 is 18.7 Å². The van der Waals surface area contributed by atoms with Crippen molar-refractivity contribution in [3.63, 3.8) is 0 Å². The fourth-order valence-corrected chi connectivity index (χ4v) is 1.98. The van der Waals surface area contributed by atoms with Crippen molar-refractivity contribution in [1.82, 2.24) is 10.2 Å². The molecular formula is C3H10Cl2N6O4P2. The minimum Gasteiger partial charge on any atom is -0.280 e. The molecule has 0 rings (SSSR count). The smallest absolute Gasteiger partial charge is 0.280 e. The molecule has 0 saturated heterocycles. The van der Waals surface area contributed by atoms with Crippen LogP contribution in [0.25, 0.3) is 0 Å². The molecule has 0 saturated carbocycles. The molecule has 2 amide bonds. The van der Waals surface area contributed by atoms with Crippen molar-refractivity contribution in [3.8, 4) is 0 Å². The van der Waals surface area contributed by atoms with Gasteiger partial charge in [0.1, 0.15) is 0 Å². The second-order valence-corrected chi connectivity index (χ2v) is 7.49. The fraction of sp³-hybridized carbons (Fsp3) is 0.333. The van der Waals surface area contributed by atoms with E-state index in [2.05, 4.69) is 0 Å². The first-order chi connectivity index (χ1) is 7.26. The number of nitrogens with one attached hydrogen (secondary N) is 2. The van der Waals surface area contributed by atoms with E-state index >= 15 is 0 Å². The number of hydrogen-bond donors (Lipinski definition) is 6. The Balaban J connectivity index is 4.90. The number of alkyl halides is 2. The highest BCUT2D eigenvalue weighted by atomic mass is 35.5. The molecule has 0 bridgehead atoms. The highest BCUT2D eigenvalue weighted by Crippen LogP contribution is 2.29. The summed E-state index contributed by atoms with van der Waals surface area (Å²) in [5.74, 6) is -2.94. The standard InChI is InChI=1S/C3H10Cl2N6O4P2/c4-3(5,1(12)10-16(6,7)14)2(13)11-17(8,9)15/h(H5,6,7,10,12,14)(H5,8,9,11,13,15). The van der Waals surface area contributed by atoms with Crippen LogP contribution in [0.5, 0.6) is 0 Å². The molecule has 0 atom stereocenters. The van der Waals surface area contributed by atoms with Crippen LogP contribution in [0.1, 0.15) is 0 Å². The van der Waals surface area contributed by atoms with E-state index in [4.69, 9.17) is 45.2 Å². The summed E-state index contributed by atoms with van der Waals surface area (Å²) >= 11 is 10.7. The Morgan fingerprint density at radius 3 is 1.29 bits per heavy atom. The minimum absolute atomic E-state index is 1.47. The number of nitrogens with two attached hydrogens (primary N) is 4. The molecule has 0 aromatic carbocycles. The van der Waals surface area contributed by atoms with Crippen molar-refractivity contribution in [2.75, 3.05) is 0 Å². The summed E-state index contributed by atoms with van der Waals surface area (Å²) < 4.78 is 18.9. The van der Waals surface area contributed by atoms with E-state index in [0.717, 1.165) is 0 Å². The lowest BCUT2D eigenvalue weighted by Crippen LogP contribution is -2.50. The van der Waals surface area contributed by atoms with Gasteiger partial charge < -0.3 is 0 Å². The van der Waals surface area contributed by atoms with Crippen molar-refractivity contribution >= 4 is 50.2 Å². The van der Waals surface area contributed by atoms with E-state index in [0.29, 0.717) is 0 Å². The normalized spacial score (nSPS) is 13.1. The molecule has 0 unspecified atom stereocenters. The van der Waals surface area contributed by atoms with Gasteiger partial charge in [-0.25, -0.2) is 0 Å². The van der Waals surface area contributed by atoms with Gasteiger partial charge in [-0.05, 0) is 0 Å². The van der Waals surface area contributed by atoms with Gasteiger partial charge in [-0.3, -0.25) is 50.9 Å². The summed E-state index contributed by atoms with van der Waals surface area (Å²) in [7, 11) is -7.98. The van der Waals surface area contributed by atoms with Crippen LogP contribution in [0.4, 0.5) is 0 Å². The molecule has 100 valence electrons. The molecule has 14 heteroatoms. The van der Waals surface area contributed by atoms with Crippen molar-refractivity contribution in [3.05, 3.63) is 0 Å². The zero-order chi connectivity index (χ0) is 14.1. The summed E-state index contributed by atoms with van der Waals surface area (Å²) in [6, 6.07) is 0. The topological polar surface area (TPSA) is 196 Å². The van der Waals surface area contributed by atoms with E-state index in [1.54, 1.807) is 0 Å². The van der Waals surface area contributed by atoms with Crippen LogP contribution in [0.3, 0.4) is 0 Å². The Hall–Kier alpha value is -0.180. The number of hydrogen-bond acceptors (Lipinski definition) is 4. The summed E-state index contributed by atoms with van der Waals surface area (Å²) in [6.07, 6.45) is 0. The molecule has 10 N–H and O–H groups in total. The molecule has 0 aliphatic rings. The third-order valence-corrected chi connectivity index (χ3v) is 2.91. The van der Waals surface area contributed by atoms with Crippen LogP contribution >= 0.6 is 38.4 Å². The third kappa shape index (κ3) is 6.35. The molecule has 0 heterocycles. The van der Waals surface area contributed by atoms with E-state index in [-0.39, 0.29) is 0 Å². The van der Waals surface area contributed by atoms with E-state index < -0.39 is 31.3 Å². The lowest BCUT2D eigenvalue weighted by Gasteiger charge is -2.20. The fourth-order valence-electron chi connectivity index (χ4n) is 0.561. The third-order valence-electron chi connectivity index (χ3n) is 1.12. The Morgan fingerprint density at radius 2 is 1.12 bits per heavy atom. The predicted molar refractivity (Wildman–Crippen MR) is 62.7 cm³/mol. The molecule has 17 heavy (non-hydrogen) atoms. The second kappa shape index (κ2) is 5.21. The summed E-state index contributed by atoms with van der Waals surface area (Å²) in [5.41, 5.74) is 19.2. The maximum absolute atomic E-state index is 11.3. The van der Waals surface area contributed by atoms with Gasteiger partial charge in [0.2, 0.25) is 0 Å². The molecule has 0 aromatic rings. The number of halogens is 2. The van der Waals surface area contributed by atoms with E-state index in [9.17, 15) is 18.7 Å². The Labute approximate surface area is 106 Å². The molecule has 0 aliphatic carbocycles. The first-order valence-electron chi connectivity index (χ1n) is 3.63. The molecule has 0 spiro atoms. The second-order valence-electron chi connectivity index (χ2n) is 2.87. The molecule has 10 nitrogen and oxygen atoms in total. The Kier molecular flexibility index (Phi) is 5.16. The Bertz CT molecular complexity index is 389. The largest absolute Gasteiger partial charge is 0.300 e. The van der Waals surface area contributed by atoms with Gasteiger partial charge in [0.05, 0.1) is 0 Å². The summed E-state index contributed by atoms with van der Waals surface area (Å²) in [6.45, 7) is 0. The average Bonchev–Trinajstić information content (AvgIpc) is 1.96. The predicted octanol–water partition coefficient (Wildman–Crippen LogP) is -1.56. The lowest BCUT2D eigenvalue weighted by atomic mass is 10.4. The zero-order valence-corrected chi connectivity index (χ0v) is 11.4. The first-order valence-corrected chi connectivity index (χ1v) is 8.08. The quantitative estimate of drug-likeness (QED) is 0.202. The van der Waals surface area contributed by atoms with Gasteiger partial charge in [-0.15, -0.1) is 0 Å². The van der Waals surface area contributed by atoms with Gasteiger partial charge >= 0.3 is 0 Å². The monoisotopic (exact) mass is 326 g/mol. The van der Waals surface area contributed by atoms with Crippen LogP contribution in [-0.4, -0.2) is 16.1 Å². The maximum atomic E-state index is 11.3. The molecule has 0 aromatic heterocycles. The van der Waals surface area contributed by atoms with E-state index in [1.165, 1.54) is 10.2 Å².